The lowest BCUT2D eigenvalue weighted by molar-refractivity contribution is -0.116. The van der Waals surface area contributed by atoms with Crippen LogP contribution >= 0.6 is 0 Å². The van der Waals surface area contributed by atoms with Crippen molar-refractivity contribution in [2.45, 2.75) is 12.8 Å². The number of benzene rings is 1. The first-order valence-electron chi connectivity index (χ1n) is 7.00. The Labute approximate surface area is 131 Å². The number of pyridine rings is 1. The molecule has 3 aromatic rings. The van der Waals surface area contributed by atoms with Gasteiger partial charge in [-0.15, -0.1) is 10.2 Å². The van der Waals surface area contributed by atoms with E-state index in [0.717, 1.165) is 0 Å². The van der Waals surface area contributed by atoms with Gasteiger partial charge in [-0.25, -0.2) is 4.39 Å². The smallest absolute Gasteiger partial charge is 0.266 e. The fraction of sp³-hybridized carbons (Fsp3) is 0.125. The van der Waals surface area contributed by atoms with E-state index in [4.69, 9.17) is 4.42 Å². The summed E-state index contributed by atoms with van der Waals surface area (Å²) >= 11 is 0. The standard InChI is InChI=1S/C16H13FN4O2/c17-11-5-1-2-6-12(11)19-14(22)8-9-15-20-21-16(23-15)13-7-3-4-10-18-13/h1-7,10H,8-9H2,(H,19,22). The average Bonchev–Trinajstić information content (AvgIpc) is 3.05. The van der Waals surface area contributed by atoms with Crippen molar-refractivity contribution < 1.29 is 13.6 Å². The minimum atomic E-state index is -0.476. The molecule has 0 spiro atoms. The fourth-order valence-corrected chi connectivity index (χ4v) is 1.94. The first kappa shape index (κ1) is 14.8. The molecule has 6 nitrogen and oxygen atoms in total. The first-order valence-corrected chi connectivity index (χ1v) is 7.00. The molecule has 0 unspecified atom stereocenters. The molecule has 116 valence electrons. The molecule has 2 heterocycles. The van der Waals surface area contributed by atoms with Crippen LogP contribution in [0.3, 0.4) is 0 Å². The Balaban J connectivity index is 1.58. The number of hydrogen-bond acceptors (Lipinski definition) is 5. The van der Waals surface area contributed by atoms with Gasteiger partial charge in [0.15, 0.2) is 0 Å². The molecule has 7 heteroatoms. The third kappa shape index (κ3) is 3.76. The normalized spacial score (nSPS) is 10.5. The quantitative estimate of drug-likeness (QED) is 0.783. The Morgan fingerprint density at radius 2 is 1.96 bits per heavy atom. The van der Waals surface area contributed by atoms with Gasteiger partial charge in [0.05, 0.1) is 5.69 Å². The molecule has 0 atom stereocenters. The van der Waals surface area contributed by atoms with Crippen molar-refractivity contribution in [3.05, 3.63) is 60.4 Å². The number of anilines is 1. The summed E-state index contributed by atoms with van der Waals surface area (Å²) in [6.45, 7) is 0. The fourth-order valence-electron chi connectivity index (χ4n) is 1.94. The highest BCUT2D eigenvalue weighted by atomic mass is 19.1. The van der Waals surface area contributed by atoms with Gasteiger partial charge >= 0.3 is 0 Å². The van der Waals surface area contributed by atoms with Crippen LogP contribution in [0.5, 0.6) is 0 Å². The van der Waals surface area contributed by atoms with Crippen molar-refractivity contribution in [1.29, 1.82) is 0 Å². The molecule has 0 saturated carbocycles. The van der Waals surface area contributed by atoms with Crippen molar-refractivity contribution in [1.82, 2.24) is 15.2 Å². The van der Waals surface area contributed by atoms with Gasteiger partial charge in [0.1, 0.15) is 11.5 Å². The number of para-hydroxylation sites is 1. The molecule has 23 heavy (non-hydrogen) atoms. The van der Waals surface area contributed by atoms with E-state index in [1.165, 1.54) is 12.1 Å². The molecule has 3 rings (SSSR count). The number of aromatic nitrogens is 3. The molecule has 1 N–H and O–H groups in total. The summed E-state index contributed by atoms with van der Waals surface area (Å²) in [5, 5.41) is 10.3. The van der Waals surface area contributed by atoms with Crippen molar-refractivity contribution >= 4 is 11.6 Å². The van der Waals surface area contributed by atoms with E-state index in [1.807, 2.05) is 6.07 Å². The maximum absolute atomic E-state index is 13.4. The zero-order valence-corrected chi connectivity index (χ0v) is 12.1. The van der Waals surface area contributed by atoms with Crippen molar-refractivity contribution in [3.63, 3.8) is 0 Å². The van der Waals surface area contributed by atoms with Crippen molar-refractivity contribution in [3.8, 4) is 11.6 Å². The number of aryl methyl sites for hydroxylation is 1. The molecule has 0 radical (unpaired) electrons. The summed E-state index contributed by atoms with van der Waals surface area (Å²) in [6, 6.07) is 11.3. The highest BCUT2D eigenvalue weighted by Gasteiger charge is 2.12. The van der Waals surface area contributed by atoms with Gasteiger partial charge in [-0.1, -0.05) is 18.2 Å². The summed E-state index contributed by atoms with van der Waals surface area (Å²) < 4.78 is 18.9. The largest absolute Gasteiger partial charge is 0.419 e. The third-order valence-corrected chi connectivity index (χ3v) is 3.06. The van der Waals surface area contributed by atoms with Crippen LogP contribution in [0.25, 0.3) is 11.6 Å². The second-order valence-electron chi connectivity index (χ2n) is 4.74. The number of nitrogens with one attached hydrogen (secondary N) is 1. The van der Waals surface area contributed by atoms with Gasteiger partial charge in [0.2, 0.25) is 11.8 Å². The number of amides is 1. The number of halogens is 1. The lowest BCUT2D eigenvalue weighted by Crippen LogP contribution is -2.13. The van der Waals surface area contributed by atoms with Crippen LogP contribution in [0.4, 0.5) is 10.1 Å². The molecule has 0 fully saturated rings. The van der Waals surface area contributed by atoms with Crippen molar-refractivity contribution in [2.75, 3.05) is 5.32 Å². The van der Waals surface area contributed by atoms with Gasteiger partial charge in [-0.2, -0.15) is 0 Å². The van der Waals surface area contributed by atoms with E-state index in [1.54, 1.807) is 30.5 Å². The summed E-state index contributed by atoms with van der Waals surface area (Å²) in [6.07, 6.45) is 2.00. The van der Waals surface area contributed by atoms with Gasteiger partial charge in [0.25, 0.3) is 5.89 Å². The summed E-state index contributed by atoms with van der Waals surface area (Å²) in [5.74, 6) is -0.173. The molecule has 0 aliphatic carbocycles. The van der Waals surface area contributed by atoms with E-state index in [-0.39, 0.29) is 24.4 Å². The van der Waals surface area contributed by atoms with Gasteiger partial charge < -0.3 is 9.73 Å². The maximum Gasteiger partial charge on any atom is 0.266 e. The van der Waals surface area contributed by atoms with Crippen LogP contribution < -0.4 is 5.32 Å². The maximum atomic E-state index is 13.4. The Kier molecular flexibility index (Phi) is 4.37. The van der Waals surface area contributed by atoms with Crippen LogP contribution in [0.2, 0.25) is 0 Å². The SMILES string of the molecule is O=C(CCc1nnc(-c2ccccn2)o1)Nc1ccccc1F. The molecular weight excluding hydrogens is 299 g/mol. The van der Waals surface area contributed by atoms with E-state index < -0.39 is 5.82 Å². The predicted octanol–water partition coefficient (Wildman–Crippen LogP) is 2.84. The Morgan fingerprint density at radius 1 is 1.13 bits per heavy atom. The van der Waals surface area contributed by atoms with Gasteiger partial charge in [0, 0.05) is 19.0 Å². The van der Waals surface area contributed by atoms with E-state index in [0.29, 0.717) is 17.5 Å². The Hall–Kier alpha value is -3.09. The summed E-state index contributed by atoms with van der Waals surface area (Å²) in [5.41, 5.74) is 0.722. The van der Waals surface area contributed by atoms with E-state index >= 15 is 0 Å². The molecule has 0 saturated heterocycles. The monoisotopic (exact) mass is 312 g/mol. The van der Waals surface area contributed by atoms with E-state index in [9.17, 15) is 9.18 Å². The van der Waals surface area contributed by atoms with Crippen LogP contribution in [0, 0.1) is 5.82 Å². The molecule has 1 aromatic carbocycles. The molecule has 2 aromatic heterocycles. The zero-order valence-electron chi connectivity index (χ0n) is 12.1. The number of rotatable bonds is 5. The van der Waals surface area contributed by atoms with Crippen LogP contribution in [0.15, 0.2) is 53.1 Å². The second-order valence-corrected chi connectivity index (χ2v) is 4.74. The summed E-state index contributed by atoms with van der Waals surface area (Å²) in [4.78, 5) is 15.9. The summed E-state index contributed by atoms with van der Waals surface area (Å²) in [7, 11) is 0. The van der Waals surface area contributed by atoms with Crippen molar-refractivity contribution in [2.24, 2.45) is 0 Å². The van der Waals surface area contributed by atoms with Gasteiger partial charge in [-0.3, -0.25) is 9.78 Å². The molecule has 1 amide bonds. The van der Waals surface area contributed by atoms with Gasteiger partial charge in [-0.05, 0) is 24.3 Å². The predicted molar refractivity (Wildman–Crippen MR) is 80.9 cm³/mol. The molecule has 0 aliphatic heterocycles. The molecule has 0 bridgehead atoms. The number of nitrogens with zero attached hydrogens (tertiary/aromatic N) is 3. The number of hydrogen-bond donors (Lipinski definition) is 1. The topological polar surface area (TPSA) is 80.9 Å². The van der Waals surface area contributed by atoms with Crippen LogP contribution in [-0.2, 0) is 11.2 Å². The highest BCUT2D eigenvalue weighted by molar-refractivity contribution is 5.90. The molecular formula is C16H13FN4O2. The van der Waals surface area contributed by atoms with E-state index in [2.05, 4.69) is 20.5 Å². The molecule has 0 aliphatic rings. The number of carbonyl (C=O) groups excluding carboxylic acids is 1. The lowest BCUT2D eigenvalue weighted by atomic mass is 10.2. The van der Waals surface area contributed by atoms with Crippen LogP contribution in [0.1, 0.15) is 12.3 Å². The Morgan fingerprint density at radius 3 is 2.74 bits per heavy atom. The van der Waals surface area contributed by atoms with Crippen LogP contribution in [-0.4, -0.2) is 21.1 Å². The minimum absolute atomic E-state index is 0.109. The lowest BCUT2D eigenvalue weighted by Gasteiger charge is -2.04. The number of carbonyl (C=O) groups is 1. The highest BCUT2D eigenvalue weighted by Crippen LogP contribution is 2.16. The third-order valence-electron chi connectivity index (χ3n) is 3.06. The first-order chi connectivity index (χ1) is 11.2. The second kappa shape index (κ2) is 6.78. The average molecular weight is 312 g/mol. The minimum Gasteiger partial charge on any atom is -0.419 e. The zero-order chi connectivity index (χ0) is 16.1. The Bertz CT molecular complexity index is 805.